The van der Waals surface area contributed by atoms with Gasteiger partial charge in [0.05, 0.1) is 18.0 Å². The number of anilines is 1. The number of fused-ring (bicyclic) bond motifs is 4. The van der Waals surface area contributed by atoms with Gasteiger partial charge in [0.25, 0.3) is 0 Å². The van der Waals surface area contributed by atoms with Gasteiger partial charge in [-0.1, -0.05) is 18.2 Å². The van der Waals surface area contributed by atoms with Crippen molar-refractivity contribution in [1.29, 1.82) is 0 Å². The molecule has 6 rings (SSSR count). The molecule has 172 valence electrons. The number of aryl methyl sites for hydroxylation is 1. The number of H-pyrrole nitrogens is 1. The molecule has 0 amide bonds. The highest BCUT2D eigenvalue weighted by Gasteiger charge is 2.27. The lowest BCUT2D eigenvalue weighted by molar-refractivity contribution is 0.0799. The summed E-state index contributed by atoms with van der Waals surface area (Å²) in [5, 5.41) is 19.9. The molecule has 1 atom stereocenters. The Kier molecular flexibility index (Phi) is 4.63. The van der Waals surface area contributed by atoms with Crippen molar-refractivity contribution in [3.63, 3.8) is 0 Å². The Morgan fingerprint density at radius 2 is 2.03 bits per heavy atom. The lowest BCUT2D eigenvalue weighted by atomic mass is 9.91. The maximum Gasteiger partial charge on any atom is 0.228 e. The van der Waals surface area contributed by atoms with E-state index in [4.69, 9.17) is 0 Å². The van der Waals surface area contributed by atoms with E-state index in [1.165, 1.54) is 28.9 Å². The second-order valence-electron chi connectivity index (χ2n) is 9.33. The van der Waals surface area contributed by atoms with Crippen LogP contribution in [0.3, 0.4) is 0 Å². The second-order valence-corrected chi connectivity index (χ2v) is 9.33. The maximum atomic E-state index is 13.9. The minimum Gasteiger partial charge on any atom is -0.386 e. The summed E-state index contributed by atoms with van der Waals surface area (Å²) in [5.74, 6) is 0.343. The number of pyridine rings is 1. The molecular weight excluding hydrogens is 433 g/mol. The van der Waals surface area contributed by atoms with Gasteiger partial charge in [-0.05, 0) is 50.8 Å². The number of nitrogens with zero attached hydrogens (tertiary/aromatic N) is 5. The number of nitrogens with one attached hydrogen (secondary N) is 2. The first kappa shape index (κ1) is 20.7. The first-order valence-electron chi connectivity index (χ1n) is 11.3. The summed E-state index contributed by atoms with van der Waals surface area (Å²) in [6.45, 7) is 3.37. The molecule has 9 heteroatoms. The molecule has 1 unspecified atom stereocenters. The van der Waals surface area contributed by atoms with Gasteiger partial charge in [-0.2, -0.15) is 14.6 Å². The van der Waals surface area contributed by atoms with Gasteiger partial charge in [-0.3, -0.25) is 4.98 Å². The molecule has 0 fully saturated rings. The number of hydrogen-bond donors (Lipinski definition) is 3. The predicted octanol–water partition coefficient (Wildman–Crippen LogP) is 4.00. The zero-order chi connectivity index (χ0) is 23.4. The highest BCUT2D eigenvalue weighted by atomic mass is 19.1. The van der Waals surface area contributed by atoms with Gasteiger partial charge in [0.15, 0.2) is 11.5 Å². The van der Waals surface area contributed by atoms with Crippen LogP contribution in [0.2, 0.25) is 0 Å². The second kappa shape index (κ2) is 7.59. The molecule has 3 N–H and O–H groups in total. The van der Waals surface area contributed by atoms with Crippen LogP contribution in [0, 0.1) is 5.82 Å². The predicted molar refractivity (Wildman–Crippen MR) is 127 cm³/mol. The molecule has 34 heavy (non-hydrogen) atoms. The van der Waals surface area contributed by atoms with E-state index in [0.717, 1.165) is 31.0 Å². The Bertz CT molecular complexity index is 1530. The third kappa shape index (κ3) is 3.49. The van der Waals surface area contributed by atoms with Crippen LogP contribution in [0.1, 0.15) is 37.1 Å². The molecule has 1 aliphatic carbocycles. The highest BCUT2D eigenvalue weighted by molar-refractivity contribution is 5.85. The normalized spacial score (nSPS) is 16.2. The summed E-state index contributed by atoms with van der Waals surface area (Å²) in [6, 6.07) is 9.82. The number of hydrogen-bond acceptors (Lipinski definition) is 6. The van der Waals surface area contributed by atoms with Crippen molar-refractivity contribution >= 4 is 22.5 Å². The van der Waals surface area contributed by atoms with E-state index in [9.17, 15) is 9.50 Å². The summed E-state index contributed by atoms with van der Waals surface area (Å²) in [6.07, 6.45) is 6.94. The van der Waals surface area contributed by atoms with Crippen molar-refractivity contribution in [2.45, 2.75) is 44.8 Å². The fourth-order valence-corrected chi connectivity index (χ4v) is 4.74. The van der Waals surface area contributed by atoms with Crippen molar-refractivity contribution in [2.75, 3.05) is 5.32 Å². The van der Waals surface area contributed by atoms with E-state index in [-0.39, 0.29) is 6.04 Å². The van der Waals surface area contributed by atoms with Crippen molar-refractivity contribution < 1.29 is 9.50 Å². The number of benzene rings is 1. The molecule has 4 aromatic heterocycles. The zero-order valence-electron chi connectivity index (χ0n) is 18.9. The van der Waals surface area contributed by atoms with Gasteiger partial charge in [0, 0.05) is 40.0 Å². The molecule has 0 spiro atoms. The van der Waals surface area contributed by atoms with Crippen LogP contribution in [-0.2, 0) is 18.4 Å². The van der Waals surface area contributed by atoms with Gasteiger partial charge >= 0.3 is 0 Å². The number of aliphatic hydroxyl groups is 1. The fraction of sp³-hybridized carbons (Fsp3) is 0.280. The topological polar surface area (TPSA) is 104 Å². The van der Waals surface area contributed by atoms with E-state index in [0.29, 0.717) is 28.5 Å². The smallest absolute Gasteiger partial charge is 0.228 e. The molecule has 1 aromatic carbocycles. The molecular formula is C25H24FN7O. The molecule has 8 nitrogen and oxygen atoms in total. The molecule has 0 aliphatic heterocycles. The number of halogens is 1. The SMILES string of the molecule is CC(C)(O)c1cnn2c(NC3CCc4[nH]c5ccccc5c4C3)nc(-c3cncc(F)c3)nc12. The summed E-state index contributed by atoms with van der Waals surface area (Å²) in [5.41, 5.74) is 4.07. The van der Waals surface area contributed by atoms with Crippen molar-refractivity contribution in [3.8, 4) is 11.4 Å². The maximum absolute atomic E-state index is 13.9. The highest BCUT2D eigenvalue weighted by Crippen LogP contribution is 2.31. The van der Waals surface area contributed by atoms with E-state index >= 15 is 0 Å². The molecule has 0 radical (unpaired) electrons. The van der Waals surface area contributed by atoms with Crippen LogP contribution >= 0.6 is 0 Å². The lowest BCUT2D eigenvalue weighted by Crippen LogP contribution is -2.29. The summed E-state index contributed by atoms with van der Waals surface area (Å²) in [4.78, 5) is 16.8. The van der Waals surface area contributed by atoms with Crippen molar-refractivity contribution in [2.24, 2.45) is 0 Å². The average Bonchev–Trinajstić information content (AvgIpc) is 3.41. The Balaban J connectivity index is 1.43. The van der Waals surface area contributed by atoms with E-state index in [1.54, 1.807) is 24.6 Å². The van der Waals surface area contributed by atoms with Gasteiger partial charge in [-0.15, -0.1) is 0 Å². The first-order valence-corrected chi connectivity index (χ1v) is 11.3. The Morgan fingerprint density at radius 3 is 2.85 bits per heavy atom. The third-order valence-electron chi connectivity index (χ3n) is 6.42. The average molecular weight is 458 g/mol. The van der Waals surface area contributed by atoms with Crippen LogP contribution in [0.4, 0.5) is 10.3 Å². The van der Waals surface area contributed by atoms with Gasteiger partial charge in [0.2, 0.25) is 5.95 Å². The Morgan fingerprint density at radius 1 is 1.18 bits per heavy atom. The first-order chi connectivity index (χ1) is 16.4. The van der Waals surface area contributed by atoms with E-state index in [2.05, 4.69) is 48.6 Å². The fourth-order valence-electron chi connectivity index (χ4n) is 4.74. The van der Waals surface area contributed by atoms with Gasteiger partial charge in [-0.25, -0.2) is 9.37 Å². The summed E-state index contributed by atoms with van der Waals surface area (Å²) < 4.78 is 15.5. The molecule has 4 heterocycles. The molecule has 1 aliphatic rings. The monoisotopic (exact) mass is 457 g/mol. The minimum atomic E-state index is -1.16. The lowest BCUT2D eigenvalue weighted by Gasteiger charge is -2.24. The van der Waals surface area contributed by atoms with Crippen LogP contribution in [-0.4, -0.2) is 40.7 Å². The van der Waals surface area contributed by atoms with Crippen LogP contribution < -0.4 is 5.32 Å². The Labute approximate surface area is 194 Å². The number of rotatable bonds is 4. The molecule has 0 saturated heterocycles. The zero-order valence-corrected chi connectivity index (χ0v) is 18.9. The van der Waals surface area contributed by atoms with Crippen molar-refractivity contribution in [1.82, 2.24) is 29.5 Å². The largest absolute Gasteiger partial charge is 0.386 e. The summed E-state index contributed by atoms with van der Waals surface area (Å²) in [7, 11) is 0. The van der Waals surface area contributed by atoms with Crippen molar-refractivity contribution in [3.05, 3.63) is 71.6 Å². The quantitative estimate of drug-likeness (QED) is 0.377. The van der Waals surface area contributed by atoms with Crippen LogP contribution in [0.25, 0.3) is 27.9 Å². The number of para-hydroxylation sites is 1. The third-order valence-corrected chi connectivity index (χ3v) is 6.42. The standard InChI is InChI=1S/C25H24FN7O/c1-25(2,34)19-13-28-33-23(19)31-22(14-9-15(26)12-27-11-14)32-24(33)29-16-7-8-21-18(10-16)17-5-3-4-6-20(17)30-21/h3-6,9,11-13,16,30,34H,7-8,10H2,1-2H3,(H,29,31,32). The Hall–Kier alpha value is -3.85. The van der Waals surface area contributed by atoms with Gasteiger partial charge < -0.3 is 15.4 Å². The number of aromatic amines is 1. The minimum absolute atomic E-state index is 0.123. The van der Waals surface area contributed by atoms with Crippen LogP contribution in [0.5, 0.6) is 0 Å². The molecule has 0 bridgehead atoms. The van der Waals surface area contributed by atoms with Gasteiger partial charge in [0.1, 0.15) is 5.82 Å². The van der Waals surface area contributed by atoms with E-state index < -0.39 is 11.4 Å². The number of aromatic nitrogens is 6. The summed E-state index contributed by atoms with van der Waals surface area (Å²) >= 11 is 0. The van der Waals surface area contributed by atoms with E-state index in [1.807, 2.05) is 6.07 Å². The molecule has 0 saturated carbocycles. The molecule has 5 aromatic rings. The van der Waals surface area contributed by atoms with Crippen LogP contribution in [0.15, 0.2) is 48.9 Å².